The first-order valence-electron chi connectivity index (χ1n) is 9.19. The number of rotatable bonds is 5. The minimum atomic E-state index is -0.511. The quantitative estimate of drug-likeness (QED) is 0.306. The third-order valence-electron chi connectivity index (χ3n) is 5.85. The maximum atomic E-state index is 12.5. The van der Waals surface area contributed by atoms with Crippen molar-refractivity contribution in [2.45, 2.75) is 44.9 Å². The molecule has 2 saturated carbocycles. The third kappa shape index (κ3) is 4.52. The molecule has 134 valence electrons. The van der Waals surface area contributed by atoms with E-state index in [2.05, 4.69) is 6.58 Å². The maximum Gasteiger partial charge on any atom is 0.314 e. The average molecular weight is 361 g/mol. The molecule has 3 nitrogen and oxygen atoms in total. The second-order valence-electron chi connectivity index (χ2n) is 7.45. The standard InChI is InChI=1S/C21H25ClO3/c1-2-3-14-4-5-17-13-18(7-6-16(17)12-14)21(24)25-19-10-8-15(9-11-19)20(22)23/h2,8-11,14,16-18H,1,3-7,12-13H2. The summed E-state index contributed by atoms with van der Waals surface area (Å²) in [4.78, 5) is 23.6. The van der Waals surface area contributed by atoms with Gasteiger partial charge >= 0.3 is 5.97 Å². The van der Waals surface area contributed by atoms with Gasteiger partial charge in [0.05, 0.1) is 5.92 Å². The Labute approximate surface area is 154 Å². The summed E-state index contributed by atoms with van der Waals surface area (Å²) >= 11 is 5.43. The van der Waals surface area contributed by atoms with Gasteiger partial charge < -0.3 is 4.74 Å². The van der Waals surface area contributed by atoms with Crippen molar-refractivity contribution in [2.24, 2.45) is 23.7 Å². The maximum absolute atomic E-state index is 12.5. The first-order chi connectivity index (χ1) is 12.1. The zero-order valence-electron chi connectivity index (χ0n) is 14.5. The van der Waals surface area contributed by atoms with Crippen molar-refractivity contribution in [1.82, 2.24) is 0 Å². The Morgan fingerprint density at radius 1 is 1.08 bits per heavy atom. The highest BCUT2D eigenvalue weighted by molar-refractivity contribution is 6.67. The number of esters is 1. The highest BCUT2D eigenvalue weighted by Gasteiger charge is 2.38. The molecule has 4 atom stereocenters. The van der Waals surface area contributed by atoms with Gasteiger partial charge in [0, 0.05) is 5.56 Å². The fraction of sp³-hybridized carbons (Fsp3) is 0.524. The number of carbonyl (C=O) groups is 2. The largest absolute Gasteiger partial charge is 0.426 e. The topological polar surface area (TPSA) is 43.4 Å². The SMILES string of the molecule is C=CCC1CCC2CC(C(=O)Oc3ccc(C(=O)Cl)cc3)CCC2C1. The van der Waals surface area contributed by atoms with Crippen molar-refractivity contribution in [3.63, 3.8) is 0 Å². The van der Waals surface area contributed by atoms with E-state index in [0.717, 1.165) is 37.5 Å². The number of benzene rings is 1. The zero-order chi connectivity index (χ0) is 17.8. The molecule has 0 amide bonds. The third-order valence-corrected chi connectivity index (χ3v) is 6.07. The molecule has 0 aromatic heterocycles. The normalized spacial score (nSPS) is 28.7. The summed E-state index contributed by atoms with van der Waals surface area (Å²) in [5.74, 6) is 2.53. The van der Waals surface area contributed by atoms with Crippen molar-refractivity contribution in [3.8, 4) is 5.75 Å². The van der Waals surface area contributed by atoms with Crippen LogP contribution >= 0.6 is 11.6 Å². The molecule has 0 radical (unpaired) electrons. The molecule has 3 rings (SSSR count). The number of carbonyl (C=O) groups excluding carboxylic acids is 2. The van der Waals surface area contributed by atoms with E-state index in [4.69, 9.17) is 16.3 Å². The first-order valence-corrected chi connectivity index (χ1v) is 9.57. The summed E-state index contributed by atoms with van der Waals surface area (Å²) in [7, 11) is 0. The van der Waals surface area contributed by atoms with Gasteiger partial charge in [-0.15, -0.1) is 6.58 Å². The molecule has 0 N–H and O–H groups in total. The van der Waals surface area contributed by atoms with E-state index < -0.39 is 5.24 Å². The summed E-state index contributed by atoms with van der Waals surface area (Å²) in [6.45, 7) is 3.86. The summed E-state index contributed by atoms with van der Waals surface area (Å²) in [5.41, 5.74) is 0.401. The molecule has 1 aromatic rings. The smallest absolute Gasteiger partial charge is 0.314 e. The summed E-state index contributed by atoms with van der Waals surface area (Å²) in [6, 6.07) is 6.41. The molecule has 2 aliphatic carbocycles. The molecule has 2 aliphatic rings. The van der Waals surface area contributed by atoms with E-state index >= 15 is 0 Å². The van der Waals surface area contributed by atoms with Gasteiger partial charge in [-0.25, -0.2) is 0 Å². The van der Waals surface area contributed by atoms with Gasteiger partial charge in [0.25, 0.3) is 5.24 Å². The molecule has 4 heteroatoms. The Kier molecular flexibility index (Phi) is 5.95. The Morgan fingerprint density at radius 2 is 1.76 bits per heavy atom. The van der Waals surface area contributed by atoms with Crippen molar-refractivity contribution in [1.29, 1.82) is 0 Å². The number of allylic oxidation sites excluding steroid dienone is 1. The molecule has 0 aliphatic heterocycles. The van der Waals surface area contributed by atoms with Gasteiger partial charge in [0.15, 0.2) is 0 Å². The van der Waals surface area contributed by atoms with Crippen molar-refractivity contribution >= 4 is 22.8 Å². The molecule has 0 saturated heterocycles. The van der Waals surface area contributed by atoms with Gasteiger partial charge in [-0.1, -0.05) is 6.08 Å². The molecule has 1 aromatic carbocycles. The predicted molar refractivity (Wildman–Crippen MR) is 98.7 cm³/mol. The fourth-order valence-electron chi connectivity index (χ4n) is 4.50. The van der Waals surface area contributed by atoms with E-state index in [9.17, 15) is 9.59 Å². The number of ether oxygens (including phenoxy) is 1. The lowest BCUT2D eigenvalue weighted by molar-refractivity contribution is -0.141. The lowest BCUT2D eigenvalue weighted by atomic mass is 9.64. The Hall–Kier alpha value is -1.61. The monoisotopic (exact) mass is 360 g/mol. The van der Waals surface area contributed by atoms with Gasteiger partial charge in [-0.3, -0.25) is 9.59 Å². The number of fused-ring (bicyclic) bond motifs is 1. The minimum absolute atomic E-state index is 0.00783. The van der Waals surface area contributed by atoms with E-state index in [-0.39, 0.29) is 11.9 Å². The highest BCUT2D eigenvalue weighted by atomic mass is 35.5. The number of hydrogen-bond donors (Lipinski definition) is 0. The van der Waals surface area contributed by atoms with E-state index in [1.807, 2.05) is 6.08 Å². The van der Waals surface area contributed by atoms with Crippen LogP contribution in [0.15, 0.2) is 36.9 Å². The average Bonchev–Trinajstić information content (AvgIpc) is 2.62. The predicted octanol–water partition coefficient (Wildman–Crippen LogP) is 5.38. The van der Waals surface area contributed by atoms with Gasteiger partial charge in [0.2, 0.25) is 0 Å². The second kappa shape index (κ2) is 8.18. The van der Waals surface area contributed by atoms with Crippen LogP contribution in [0.1, 0.15) is 55.3 Å². The molecule has 0 bridgehead atoms. The van der Waals surface area contributed by atoms with Gasteiger partial charge in [0.1, 0.15) is 5.75 Å². The Balaban J connectivity index is 1.54. The lowest BCUT2D eigenvalue weighted by Crippen LogP contribution is -2.35. The molecule has 2 fully saturated rings. The van der Waals surface area contributed by atoms with Crippen LogP contribution < -0.4 is 4.74 Å². The van der Waals surface area contributed by atoms with Crippen LogP contribution in [0.3, 0.4) is 0 Å². The van der Waals surface area contributed by atoms with Gasteiger partial charge in [-0.05, 0) is 98.6 Å². The zero-order valence-corrected chi connectivity index (χ0v) is 15.2. The summed E-state index contributed by atoms with van der Waals surface area (Å²) < 4.78 is 5.52. The first kappa shape index (κ1) is 18.2. The molecular weight excluding hydrogens is 336 g/mol. The molecule has 0 spiro atoms. The van der Waals surface area contributed by atoms with Crippen molar-refractivity contribution < 1.29 is 14.3 Å². The van der Waals surface area contributed by atoms with E-state index in [0.29, 0.717) is 17.2 Å². The van der Waals surface area contributed by atoms with Gasteiger partial charge in [-0.2, -0.15) is 0 Å². The van der Waals surface area contributed by atoms with Crippen LogP contribution in [0, 0.1) is 23.7 Å². The van der Waals surface area contributed by atoms with Crippen molar-refractivity contribution in [2.75, 3.05) is 0 Å². The lowest BCUT2D eigenvalue weighted by Gasteiger charge is -2.41. The number of hydrogen-bond acceptors (Lipinski definition) is 3. The van der Waals surface area contributed by atoms with Crippen LogP contribution in [-0.2, 0) is 4.79 Å². The summed E-state index contributed by atoms with van der Waals surface area (Å²) in [6.07, 6.45) is 9.90. The highest BCUT2D eigenvalue weighted by Crippen LogP contribution is 2.45. The Morgan fingerprint density at radius 3 is 2.44 bits per heavy atom. The second-order valence-corrected chi connectivity index (χ2v) is 7.80. The molecule has 25 heavy (non-hydrogen) atoms. The van der Waals surface area contributed by atoms with Crippen LogP contribution in [0.25, 0.3) is 0 Å². The molecule has 0 heterocycles. The van der Waals surface area contributed by atoms with Crippen LogP contribution in [-0.4, -0.2) is 11.2 Å². The van der Waals surface area contributed by atoms with Crippen molar-refractivity contribution in [3.05, 3.63) is 42.5 Å². The van der Waals surface area contributed by atoms with E-state index in [1.54, 1.807) is 24.3 Å². The molecular formula is C21H25ClO3. The fourth-order valence-corrected chi connectivity index (χ4v) is 4.63. The Bertz CT molecular complexity index is 637. The van der Waals surface area contributed by atoms with Crippen LogP contribution in [0.5, 0.6) is 5.75 Å². The minimum Gasteiger partial charge on any atom is -0.426 e. The van der Waals surface area contributed by atoms with Crippen LogP contribution in [0.2, 0.25) is 0 Å². The molecule has 4 unspecified atom stereocenters. The van der Waals surface area contributed by atoms with E-state index in [1.165, 1.54) is 19.3 Å². The number of halogens is 1. The summed E-state index contributed by atoms with van der Waals surface area (Å²) in [5, 5.41) is -0.511. The van der Waals surface area contributed by atoms with Crippen LogP contribution in [0.4, 0.5) is 0 Å².